The molecule has 0 bridgehead atoms. The molecule has 0 aromatic carbocycles. The van der Waals surface area contributed by atoms with Crippen LogP contribution in [0.15, 0.2) is 0 Å². The highest BCUT2D eigenvalue weighted by molar-refractivity contribution is 6.07. The maximum Gasteiger partial charge on any atom is 0.325 e. The molecule has 0 radical (unpaired) electrons. The van der Waals surface area contributed by atoms with Gasteiger partial charge in [0.2, 0.25) is 0 Å². The monoisotopic (exact) mass is 277 g/mol. The van der Waals surface area contributed by atoms with E-state index in [-0.39, 0.29) is 17.4 Å². The highest BCUT2D eigenvalue weighted by Gasteiger charge is 2.51. The number of carbonyl (C=O) groups excluding carboxylic acids is 2. The van der Waals surface area contributed by atoms with E-state index in [9.17, 15) is 9.59 Å². The molecule has 2 rings (SSSR count). The van der Waals surface area contributed by atoms with Crippen LogP contribution >= 0.6 is 0 Å². The summed E-state index contributed by atoms with van der Waals surface area (Å²) >= 11 is 0. The zero-order valence-electron chi connectivity index (χ0n) is 12.4. The molecule has 1 saturated heterocycles. The molecule has 1 N–H and O–H groups in total. The molecule has 1 spiro atoms. The Morgan fingerprint density at radius 3 is 2.55 bits per heavy atom. The minimum absolute atomic E-state index is 0.0421. The summed E-state index contributed by atoms with van der Waals surface area (Å²) in [6.45, 7) is 4.29. The standard InChI is InChI=1S/C15H23N3O2/c1-14(2,11-16)7-5-6-10-18-12(19)15(17-13(18)20)8-3-4-9-15/h3-10H2,1-2H3,(H,17,20). The number of unbranched alkanes of at least 4 members (excludes halogenated alkanes) is 1. The molecule has 5 nitrogen and oxygen atoms in total. The molecular formula is C15H23N3O2. The summed E-state index contributed by atoms with van der Waals surface area (Å²) in [4.78, 5) is 25.7. The smallest absolute Gasteiger partial charge is 0.323 e. The van der Waals surface area contributed by atoms with E-state index in [2.05, 4.69) is 11.4 Å². The molecule has 1 aliphatic heterocycles. The van der Waals surface area contributed by atoms with Crippen molar-refractivity contribution in [1.82, 2.24) is 10.2 Å². The lowest BCUT2D eigenvalue weighted by molar-refractivity contribution is -0.131. The van der Waals surface area contributed by atoms with Crippen molar-refractivity contribution in [3.05, 3.63) is 0 Å². The predicted octanol–water partition coefficient (Wildman–Crippen LogP) is 2.57. The molecule has 0 unspecified atom stereocenters. The number of hydrogen-bond donors (Lipinski definition) is 1. The van der Waals surface area contributed by atoms with Gasteiger partial charge >= 0.3 is 6.03 Å². The van der Waals surface area contributed by atoms with Gasteiger partial charge in [0, 0.05) is 6.54 Å². The molecule has 3 amide bonds. The molecular weight excluding hydrogens is 254 g/mol. The Kier molecular flexibility index (Phi) is 4.03. The molecule has 2 fully saturated rings. The average Bonchev–Trinajstić information content (AvgIpc) is 2.95. The maximum atomic E-state index is 12.4. The van der Waals surface area contributed by atoms with Gasteiger partial charge in [-0.05, 0) is 39.5 Å². The third-order valence-electron chi connectivity index (χ3n) is 4.44. The second-order valence-electron chi connectivity index (χ2n) is 6.63. The summed E-state index contributed by atoms with van der Waals surface area (Å²) in [5.74, 6) is -0.0421. The van der Waals surface area contributed by atoms with Gasteiger partial charge < -0.3 is 5.32 Å². The topological polar surface area (TPSA) is 73.2 Å². The second-order valence-corrected chi connectivity index (χ2v) is 6.63. The van der Waals surface area contributed by atoms with Gasteiger partial charge in [0.05, 0.1) is 11.5 Å². The predicted molar refractivity (Wildman–Crippen MR) is 74.7 cm³/mol. The van der Waals surface area contributed by atoms with E-state index >= 15 is 0 Å². The molecule has 1 heterocycles. The summed E-state index contributed by atoms with van der Waals surface area (Å²) in [6.07, 6.45) is 5.97. The second kappa shape index (κ2) is 5.43. The van der Waals surface area contributed by atoms with Crippen LogP contribution in [0.1, 0.15) is 58.8 Å². The molecule has 0 atom stereocenters. The van der Waals surface area contributed by atoms with E-state index in [0.717, 1.165) is 44.9 Å². The number of rotatable bonds is 5. The van der Waals surface area contributed by atoms with Gasteiger partial charge in [-0.25, -0.2) is 4.79 Å². The number of hydrogen-bond acceptors (Lipinski definition) is 3. The fourth-order valence-electron chi connectivity index (χ4n) is 3.09. The van der Waals surface area contributed by atoms with Gasteiger partial charge in [-0.1, -0.05) is 19.3 Å². The fourth-order valence-corrected chi connectivity index (χ4v) is 3.09. The Hall–Kier alpha value is -1.57. The van der Waals surface area contributed by atoms with Crippen LogP contribution in [-0.4, -0.2) is 28.9 Å². The first-order valence-electron chi connectivity index (χ1n) is 7.46. The van der Waals surface area contributed by atoms with Gasteiger partial charge in [-0.2, -0.15) is 5.26 Å². The molecule has 20 heavy (non-hydrogen) atoms. The van der Waals surface area contributed by atoms with Crippen molar-refractivity contribution in [1.29, 1.82) is 5.26 Å². The molecule has 1 aliphatic carbocycles. The fraction of sp³-hybridized carbons (Fsp3) is 0.800. The summed E-state index contributed by atoms with van der Waals surface area (Å²) in [7, 11) is 0. The molecule has 0 aromatic rings. The zero-order valence-corrected chi connectivity index (χ0v) is 12.4. The van der Waals surface area contributed by atoms with Crippen molar-refractivity contribution < 1.29 is 9.59 Å². The third kappa shape index (κ3) is 2.79. The molecule has 1 saturated carbocycles. The minimum Gasteiger partial charge on any atom is -0.323 e. The summed E-state index contributed by atoms with van der Waals surface area (Å²) in [5.41, 5.74) is -0.924. The van der Waals surface area contributed by atoms with Crippen LogP contribution in [-0.2, 0) is 4.79 Å². The average molecular weight is 277 g/mol. The number of urea groups is 1. The zero-order chi connectivity index (χ0) is 14.8. The van der Waals surface area contributed by atoms with Crippen molar-refractivity contribution in [3.63, 3.8) is 0 Å². The first-order valence-corrected chi connectivity index (χ1v) is 7.46. The van der Waals surface area contributed by atoms with Crippen LogP contribution in [0.4, 0.5) is 4.79 Å². The Morgan fingerprint density at radius 2 is 1.95 bits per heavy atom. The van der Waals surface area contributed by atoms with Crippen molar-refractivity contribution >= 4 is 11.9 Å². The summed E-state index contributed by atoms with van der Waals surface area (Å²) < 4.78 is 0. The Labute approximate surface area is 120 Å². The maximum absolute atomic E-state index is 12.4. The quantitative estimate of drug-likeness (QED) is 0.620. The first kappa shape index (κ1) is 14.8. The SMILES string of the molecule is CC(C)(C#N)CCCCN1C(=O)NC2(CCCC2)C1=O. The molecule has 5 heteroatoms. The third-order valence-corrected chi connectivity index (χ3v) is 4.44. The first-order chi connectivity index (χ1) is 9.40. The number of nitrogens with one attached hydrogen (secondary N) is 1. The highest BCUT2D eigenvalue weighted by atomic mass is 16.2. The Bertz CT molecular complexity index is 445. The van der Waals surface area contributed by atoms with E-state index in [1.165, 1.54) is 4.90 Å². The normalized spacial score (nSPS) is 21.4. The van der Waals surface area contributed by atoms with Crippen molar-refractivity contribution in [2.75, 3.05) is 6.54 Å². The molecule has 2 aliphatic rings. The van der Waals surface area contributed by atoms with Gasteiger partial charge in [0.1, 0.15) is 5.54 Å². The lowest BCUT2D eigenvalue weighted by Crippen LogP contribution is -2.44. The molecule has 110 valence electrons. The summed E-state index contributed by atoms with van der Waals surface area (Å²) in [5, 5.41) is 11.8. The lowest BCUT2D eigenvalue weighted by atomic mass is 9.89. The van der Waals surface area contributed by atoms with Crippen LogP contribution in [0.5, 0.6) is 0 Å². The number of amides is 3. The van der Waals surface area contributed by atoms with Gasteiger partial charge in [-0.15, -0.1) is 0 Å². The minimum atomic E-state index is -0.594. The van der Waals surface area contributed by atoms with Crippen LogP contribution in [0.3, 0.4) is 0 Å². The van der Waals surface area contributed by atoms with E-state index in [0.29, 0.717) is 6.54 Å². The van der Waals surface area contributed by atoms with Crippen molar-refractivity contribution in [3.8, 4) is 6.07 Å². The number of carbonyl (C=O) groups is 2. The summed E-state index contributed by atoms with van der Waals surface area (Å²) in [6, 6.07) is 2.03. The lowest BCUT2D eigenvalue weighted by Gasteiger charge is -2.20. The van der Waals surface area contributed by atoms with Gasteiger partial charge in [0.25, 0.3) is 5.91 Å². The number of nitrogens with zero attached hydrogens (tertiary/aromatic N) is 2. The number of nitriles is 1. The largest absolute Gasteiger partial charge is 0.325 e. The Morgan fingerprint density at radius 1 is 1.30 bits per heavy atom. The van der Waals surface area contributed by atoms with Crippen LogP contribution in [0.2, 0.25) is 0 Å². The number of imide groups is 1. The van der Waals surface area contributed by atoms with E-state index in [1.807, 2.05) is 13.8 Å². The van der Waals surface area contributed by atoms with E-state index < -0.39 is 5.54 Å². The van der Waals surface area contributed by atoms with Crippen LogP contribution < -0.4 is 5.32 Å². The van der Waals surface area contributed by atoms with Gasteiger partial charge in [-0.3, -0.25) is 9.69 Å². The Balaban J connectivity index is 1.83. The van der Waals surface area contributed by atoms with Crippen molar-refractivity contribution in [2.24, 2.45) is 5.41 Å². The van der Waals surface area contributed by atoms with E-state index in [1.54, 1.807) is 0 Å². The van der Waals surface area contributed by atoms with Crippen molar-refractivity contribution in [2.45, 2.75) is 64.3 Å². The molecule has 0 aromatic heterocycles. The highest BCUT2D eigenvalue weighted by Crippen LogP contribution is 2.35. The van der Waals surface area contributed by atoms with Crippen LogP contribution in [0, 0.1) is 16.7 Å². The van der Waals surface area contributed by atoms with Crippen LogP contribution in [0.25, 0.3) is 0 Å². The van der Waals surface area contributed by atoms with E-state index in [4.69, 9.17) is 5.26 Å². The van der Waals surface area contributed by atoms with Gasteiger partial charge in [0.15, 0.2) is 0 Å².